The normalized spacial score (nSPS) is 10.3. The minimum atomic E-state index is -0.308. The third-order valence-electron chi connectivity index (χ3n) is 4.54. The lowest BCUT2D eigenvalue weighted by Gasteiger charge is -2.14. The SMILES string of the molecule is COc1cc(C(=O)Nc2cc(CCc3ccccc3)ccn2)cc(OC)c1OC. The zero-order valence-corrected chi connectivity index (χ0v) is 16.8. The number of anilines is 1. The summed E-state index contributed by atoms with van der Waals surface area (Å²) in [5, 5.41) is 2.83. The van der Waals surface area contributed by atoms with E-state index < -0.39 is 0 Å². The van der Waals surface area contributed by atoms with E-state index in [2.05, 4.69) is 22.4 Å². The van der Waals surface area contributed by atoms with Gasteiger partial charge in [-0.2, -0.15) is 0 Å². The lowest BCUT2D eigenvalue weighted by Crippen LogP contribution is -2.14. The second-order valence-electron chi connectivity index (χ2n) is 6.40. The highest BCUT2D eigenvalue weighted by atomic mass is 16.5. The molecule has 2 aromatic carbocycles. The molecule has 0 fully saturated rings. The molecule has 0 aliphatic rings. The molecule has 0 spiro atoms. The van der Waals surface area contributed by atoms with Gasteiger partial charge in [0, 0.05) is 11.8 Å². The van der Waals surface area contributed by atoms with E-state index >= 15 is 0 Å². The first kappa shape index (κ1) is 20.2. The Kier molecular flexibility index (Phi) is 6.68. The van der Waals surface area contributed by atoms with Gasteiger partial charge < -0.3 is 19.5 Å². The molecule has 3 rings (SSSR count). The van der Waals surface area contributed by atoms with Crippen molar-refractivity contribution in [2.75, 3.05) is 26.6 Å². The average Bonchev–Trinajstić information content (AvgIpc) is 2.77. The molecule has 0 radical (unpaired) electrons. The molecule has 6 nitrogen and oxygen atoms in total. The van der Waals surface area contributed by atoms with E-state index in [1.54, 1.807) is 18.3 Å². The number of carbonyl (C=O) groups is 1. The number of aryl methyl sites for hydroxylation is 2. The smallest absolute Gasteiger partial charge is 0.257 e. The summed E-state index contributed by atoms with van der Waals surface area (Å²) in [6.07, 6.45) is 3.48. The molecular weight excluding hydrogens is 368 g/mol. The van der Waals surface area contributed by atoms with Gasteiger partial charge in [-0.05, 0) is 48.2 Å². The van der Waals surface area contributed by atoms with Crippen LogP contribution in [-0.2, 0) is 12.8 Å². The summed E-state index contributed by atoms with van der Waals surface area (Å²) in [6, 6.07) is 17.3. The highest BCUT2D eigenvalue weighted by Gasteiger charge is 2.17. The van der Waals surface area contributed by atoms with E-state index in [0.717, 1.165) is 18.4 Å². The third-order valence-corrected chi connectivity index (χ3v) is 4.54. The number of rotatable bonds is 8. The van der Waals surface area contributed by atoms with Crippen LogP contribution in [0.25, 0.3) is 0 Å². The van der Waals surface area contributed by atoms with E-state index in [-0.39, 0.29) is 5.91 Å². The fraction of sp³-hybridized carbons (Fsp3) is 0.217. The Bertz CT molecular complexity index is 949. The topological polar surface area (TPSA) is 69.7 Å². The van der Waals surface area contributed by atoms with Crippen LogP contribution in [0.15, 0.2) is 60.8 Å². The molecule has 0 saturated heterocycles. The zero-order valence-electron chi connectivity index (χ0n) is 16.8. The molecule has 3 aromatic rings. The molecule has 1 amide bonds. The lowest BCUT2D eigenvalue weighted by molar-refractivity contribution is 0.102. The number of nitrogens with one attached hydrogen (secondary N) is 1. The minimum absolute atomic E-state index is 0.308. The van der Waals surface area contributed by atoms with Gasteiger partial charge in [-0.15, -0.1) is 0 Å². The summed E-state index contributed by atoms with van der Waals surface area (Å²) in [5.41, 5.74) is 2.76. The van der Waals surface area contributed by atoms with E-state index in [1.807, 2.05) is 30.3 Å². The standard InChI is InChI=1S/C23H24N2O4/c1-27-19-14-18(15-20(28-2)22(19)29-3)23(26)25-21-13-17(11-12-24-21)10-9-16-7-5-4-6-8-16/h4-8,11-15H,9-10H2,1-3H3,(H,24,25,26). The molecule has 1 N–H and O–H groups in total. The lowest BCUT2D eigenvalue weighted by atomic mass is 10.1. The number of hydrogen-bond acceptors (Lipinski definition) is 5. The predicted molar refractivity (Wildman–Crippen MR) is 112 cm³/mol. The van der Waals surface area contributed by atoms with E-state index in [1.165, 1.54) is 26.9 Å². The van der Waals surface area contributed by atoms with Crippen LogP contribution in [0.3, 0.4) is 0 Å². The van der Waals surface area contributed by atoms with Crippen molar-refractivity contribution in [1.29, 1.82) is 0 Å². The second-order valence-corrected chi connectivity index (χ2v) is 6.40. The summed E-state index contributed by atoms with van der Waals surface area (Å²) in [7, 11) is 4.54. The first-order chi connectivity index (χ1) is 14.1. The molecule has 29 heavy (non-hydrogen) atoms. The Morgan fingerprint density at radius 3 is 2.14 bits per heavy atom. The molecule has 6 heteroatoms. The van der Waals surface area contributed by atoms with Crippen molar-refractivity contribution in [2.24, 2.45) is 0 Å². The fourth-order valence-corrected chi connectivity index (χ4v) is 3.03. The van der Waals surface area contributed by atoms with Crippen LogP contribution < -0.4 is 19.5 Å². The second kappa shape index (κ2) is 9.59. The van der Waals surface area contributed by atoms with Gasteiger partial charge in [0.1, 0.15) is 5.82 Å². The maximum absolute atomic E-state index is 12.7. The van der Waals surface area contributed by atoms with Gasteiger partial charge in [0.2, 0.25) is 5.75 Å². The van der Waals surface area contributed by atoms with Gasteiger partial charge in [-0.25, -0.2) is 4.98 Å². The molecule has 0 saturated carbocycles. The number of pyridine rings is 1. The van der Waals surface area contributed by atoms with Gasteiger partial charge in [0.15, 0.2) is 11.5 Å². The van der Waals surface area contributed by atoms with Gasteiger partial charge >= 0.3 is 0 Å². The highest BCUT2D eigenvalue weighted by Crippen LogP contribution is 2.38. The maximum Gasteiger partial charge on any atom is 0.257 e. The first-order valence-corrected chi connectivity index (χ1v) is 9.24. The quantitative estimate of drug-likeness (QED) is 0.624. The van der Waals surface area contributed by atoms with Gasteiger partial charge in [0.05, 0.1) is 21.3 Å². The molecule has 1 heterocycles. The zero-order chi connectivity index (χ0) is 20.6. The first-order valence-electron chi connectivity index (χ1n) is 9.24. The van der Waals surface area contributed by atoms with Crippen LogP contribution in [0.1, 0.15) is 21.5 Å². The largest absolute Gasteiger partial charge is 0.493 e. The van der Waals surface area contributed by atoms with Crippen molar-refractivity contribution in [3.8, 4) is 17.2 Å². The number of methoxy groups -OCH3 is 3. The molecule has 150 valence electrons. The average molecular weight is 392 g/mol. The predicted octanol–water partition coefficient (Wildman–Crippen LogP) is 4.14. The van der Waals surface area contributed by atoms with E-state index in [0.29, 0.717) is 28.6 Å². The summed E-state index contributed by atoms with van der Waals surface area (Å²) < 4.78 is 15.9. The van der Waals surface area contributed by atoms with Crippen molar-refractivity contribution in [3.63, 3.8) is 0 Å². The Balaban J connectivity index is 1.74. The molecule has 0 aliphatic heterocycles. The Morgan fingerprint density at radius 2 is 1.52 bits per heavy atom. The van der Waals surface area contributed by atoms with Gasteiger partial charge in [0.25, 0.3) is 5.91 Å². The summed E-state index contributed by atoms with van der Waals surface area (Å²) in [5.74, 6) is 1.46. The maximum atomic E-state index is 12.7. The minimum Gasteiger partial charge on any atom is -0.493 e. The molecular formula is C23H24N2O4. The number of aromatic nitrogens is 1. The summed E-state index contributed by atoms with van der Waals surface area (Å²) >= 11 is 0. The van der Waals surface area contributed by atoms with Crippen LogP contribution in [0.2, 0.25) is 0 Å². The van der Waals surface area contributed by atoms with Gasteiger partial charge in [-0.3, -0.25) is 4.79 Å². The molecule has 1 aromatic heterocycles. The van der Waals surface area contributed by atoms with Crippen molar-refractivity contribution < 1.29 is 19.0 Å². The summed E-state index contributed by atoms with van der Waals surface area (Å²) in [6.45, 7) is 0. The van der Waals surface area contributed by atoms with Crippen LogP contribution in [0.4, 0.5) is 5.82 Å². The van der Waals surface area contributed by atoms with Crippen molar-refractivity contribution in [3.05, 3.63) is 77.5 Å². The number of carbonyl (C=O) groups excluding carboxylic acids is 1. The number of ether oxygens (including phenoxy) is 3. The molecule has 0 unspecified atom stereocenters. The molecule has 0 aliphatic carbocycles. The van der Waals surface area contributed by atoms with Crippen molar-refractivity contribution in [2.45, 2.75) is 12.8 Å². The third kappa shape index (κ3) is 5.04. The molecule has 0 atom stereocenters. The Hall–Kier alpha value is -3.54. The summed E-state index contributed by atoms with van der Waals surface area (Å²) in [4.78, 5) is 17.0. The van der Waals surface area contributed by atoms with E-state index in [4.69, 9.17) is 14.2 Å². The number of nitrogens with zero attached hydrogens (tertiary/aromatic N) is 1. The van der Waals surface area contributed by atoms with Crippen LogP contribution >= 0.6 is 0 Å². The number of amides is 1. The van der Waals surface area contributed by atoms with Crippen LogP contribution in [0.5, 0.6) is 17.2 Å². The van der Waals surface area contributed by atoms with Gasteiger partial charge in [-0.1, -0.05) is 30.3 Å². The Labute approximate surface area is 170 Å². The van der Waals surface area contributed by atoms with Crippen molar-refractivity contribution in [1.82, 2.24) is 4.98 Å². The monoisotopic (exact) mass is 392 g/mol. The molecule has 0 bridgehead atoms. The number of benzene rings is 2. The van der Waals surface area contributed by atoms with Crippen LogP contribution in [0, 0.1) is 0 Å². The van der Waals surface area contributed by atoms with Crippen LogP contribution in [-0.4, -0.2) is 32.2 Å². The van der Waals surface area contributed by atoms with E-state index in [9.17, 15) is 4.79 Å². The van der Waals surface area contributed by atoms with Crippen molar-refractivity contribution >= 4 is 11.7 Å². The highest BCUT2D eigenvalue weighted by molar-refractivity contribution is 6.04. The Morgan fingerprint density at radius 1 is 0.862 bits per heavy atom. The fourth-order valence-electron chi connectivity index (χ4n) is 3.03. The number of hydrogen-bond donors (Lipinski definition) is 1.